The molecule has 0 atom stereocenters. The molecule has 1 heterocycles. The van der Waals surface area contributed by atoms with Crippen molar-refractivity contribution >= 4 is 34.2 Å². The highest BCUT2D eigenvalue weighted by atomic mass is 127. The van der Waals surface area contributed by atoms with Crippen molar-refractivity contribution in [3.05, 3.63) is 39.3 Å². The maximum Gasteiger partial charge on any atom is 0.222 e. The van der Waals surface area contributed by atoms with Crippen LogP contribution in [0.25, 0.3) is 11.3 Å². The third kappa shape index (κ3) is 2.44. The van der Waals surface area contributed by atoms with Gasteiger partial charge in [-0.05, 0) is 58.5 Å². The summed E-state index contributed by atoms with van der Waals surface area (Å²) >= 11 is 8.00. The summed E-state index contributed by atoms with van der Waals surface area (Å²) in [5.74, 6) is 0.827. The van der Waals surface area contributed by atoms with Gasteiger partial charge in [-0.15, -0.1) is 0 Å². The number of rotatable bonds is 2. The predicted molar refractivity (Wildman–Crippen MR) is 71.7 cm³/mol. The lowest BCUT2D eigenvalue weighted by Crippen LogP contribution is -1.90. The summed E-state index contributed by atoms with van der Waals surface area (Å²) in [4.78, 5) is 8.02. The van der Waals surface area contributed by atoms with Crippen molar-refractivity contribution in [1.29, 1.82) is 0 Å². The average molecular weight is 347 g/mol. The van der Waals surface area contributed by atoms with Crippen molar-refractivity contribution in [2.45, 2.75) is 0 Å². The summed E-state index contributed by atoms with van der Waals surface area (Å²) < 4.78 is 6.21. The lowest BCUT2D eigenvalue weighted by Gasteiger charge is -2.06. The number of methoxy groups -OCH3 is 1. The molecule has 0 saturated carbocycles. The van der Waals surface area contributed by atoms with Crippen molar-refractivity contribution in [3.8, 4) is 17.0 Å². The Labute approximate surface area is 112 Å². The predicted octanol–water partition coefficient (Wildman–Crippen LogP) is 3.41. The van der Waals surface area contributed by atoms with Crippen LogP contribution < -0.4 is 4.74 Å². The molecule has 16 heavy (non-hydrogen) atoms. The first-order chi connectivity index (χ1) is 7.70. The van der Waals surface area contributed by atoms with Gasteiger partial charge in [0.25, 0.3) is 0 Å². The van der Waals surface area contributed by atoms with Crippen LogP contribution in [-0.2, 0) is 0 Å². The van der Waals surface area contributed by atoms with Crippen LogP contribution in [0.5, 0.6) is 5.75 Å². The average Bonchev–Trinajstić information content (AvgIpc) is 2.28. The minimum atomic E-state index is 0.254. The van der Waals surface area contributed by atoms with Gasteiger partial charge in [0.2, 0.25) is 5.28 Å². The number of hydrogen-bond donors (Lipinski definition) is 0. The SMILES string of the molecule is COc1ccc(-c2ccnc(Cl)n2)c(I)c1. The van der Waals surface area contributed by atoms with Gasteiger partial charge >= 0.3 is 0 Å². The highest BCUT2D eigenvalue weighted by molar-refractivity contribution is 14.1. The van der Waals surface area contributed by atoms with E-state index in [1.807, 2.05) is 24.3 Å². The number of halogens is 2. The first-order valence-electron chi connectivity index (χ1n) is 4.53. The molecule has 2 rings (SSSR count). The lowest BCUT2D eigenvalue weighted by molar-refractivity contribution is 0.414. The van der Waals surface area contributed by atoms with Gasteiger partial charge in [-0.2, -0.15) is 0 Å². The second kappa shape index (κ2) is 4.97. The van der Waals surface area contributed by atoms with Gasteiger partial charge in [-0.1, -0.05) is 0 Å². The smallest absolute Gasteiger partial charge is 0.222 e. The van der Waals surface area contributed by atoms with E-state index in [1.54, 1.807) is 13.3 Å². The van der Waals surface area contributed by atoms with Gasteiger partial charge < -0.3 is 4.74 Å². The summed E-state index contributed by atoms with van der Waals surface area (Å²) in [7, 11) is 1.65. The Balaban J connectivity index is 2.48. The van der Waals surface area contributed by atoms with Crippen molar-refractivity contribution in [2.24, 2.45) is 0 Å². The standard InChI is InChI=1S/C11H8ClIN2O/c1-16-7-2-3-8(9(13)6-7)10-4-5-14-11(12)15-10/h2-6H,1H3. The molecule has 82 valence electrons. The van der Waals surface area contributed by atoms with Crippen LogP contribution in [-0.4, -0.2) is 17.1 Å². The number of ether oxygens (including phenoxy) is 1. The second-order valence-electron chi connectivity index (χ2n) is 3.06. The van der Waals surface area contributed by atoms with Gasteiger partial charge in [0, 0.05) is 15.3 Å². The Bertz CT molecular complexity index is 519. The van der Waals surface area contributed by atoms with Crippen LogP contribution in [0, 0.1) is 3.57 Å². The van der Waals surface area contributed by atoms with Crippen LogP contribution in [0.1, 0.15) is 0 Å². The molecule has 0 unspecified atom stereocenters. The molecule has 0 radical (unpaired) electrons. The fourth-order valence-corrected chi connectivity index (χ4v) is 2.23. The van der Waals surface area contributed by atoms with Crippen molar-refractivity contribution in [3.63, 3.8) is 0 Å². The third-order valence-corrected chi connectivity index (χ3v) is 3.15. The van der Waals surface area contributed by atoms with Gasteiger partial charge in [0.1, 0.15) is 5.75 Å². The summed E-state index contributed by atoms with van der Waals surface area (Å²) in [6, 6.07) is 7.63. The van der Waals surface area contributed by atoms with Crippen molar-refractivity contribution in [2.75, 3.05) is 7.11 Å². The molecule has 5 heteroatoms. The van der Waals surface area contributed by atoms with Crippen LogP contribution in [0.2, 0.25) is 5.28 Å². The van der Waals surface area contributed by atoms with E-state index in [1.165, 1.54) is 0 Å². The normalized spacial score (nSPS) is 10.2. The fraction of sp³-hybridized carbons (Fsp3) is 0.0909. The summed E-state index contributed by atoms with van der Waals surface area (Å²) in [6.45, 7) is 0. The van der Waals surface area contributed by atoms with Crippen LogP contribution in [0.15, 0.2) is 30.5 Å². The van der Waals surface area contributed by atoms with E-state index in [0.717, 1.165) is 20.6 Å². The van der Waals surface area contributed by atoms with Crippen LogP contribution in [0.3, 0.4) is 0 Å². The monoisotopic (exact) mass is 346 g/mol. The largest absolute Gasteiger partial charge is 0.497 e. The quantitative estimate of drug-likeness (QED) is 0.617. The van der Waals surface area contributed by atoms with E-state index < -0.39 is 0 Å². The molecule has 1 aromatic carbocycles. The Morgan fingerprint density at radius 3 is 2.75 bits per heavy atom. The molecule has 0 aliphatic heterocycles. The second-order valence-corrected chi connectivity index (χ2v) is 4.56. The molecule has 0 N–H and O–H groups in total. The molecular weight excluding hydrogens is 338 g/mol. The highest BCUT2D eigenvalue weighted by Gasteiger charge is 2.06. The zero-order valence-electron chi connectivity index (χ0n) is 8.45. The lowest BCUT2D eigenvalue weighted by atomic mass is 10.1. The van der Waals surface area contributed by atoms with Crippen molar-refractivity contribution < 1.29 is 4.74 Å². The summed E-state index contributed by atoms with van der Waals surface area (Å²) in [6.07, 6.45) is 1.64. The van der Waals surface area contributed by atoms with Crippen LogP contribution >= 0.6 is 34.2 Å². The topological polar surface area (TPSA) is 35.0 Å². The van der Waals surface area contributed by atoms with E-state index in [9.17, 15) is 0 Å². The summed E-state index contributed by atoms with van der Waals surface area (Å²) in [5, 5.41) is 0.254. The zero-order valence-corrected chi connectivity index (χ0v) is 11.4. The molecule has 0 aliphatic rings. The van der Waals surface area contributed by atoms with Gasteiger partial charge in [-0.3, -0.25) is 0 Å². The Morgan fingerprint density at radius 1 is 1.31 bits per heavy atom. The first kappa shape index (κ1) is 11.6. The minimum absolute atomic E-state index is 0.254. The Hall–Kier alpha value is -0.880. The maximum atomic E-state index is 5.76. The van der Waals surface area contributed by atoms with Gasteiger partial charge in [0.05, 0.1) is 12.8 Å². The van der Waals surface area contributed by atoms with Gasteiger partial charge in [-0.25, -0.2) is 9.97 Å². The van der Waals surface area contributed by atoms with E-state index in [-0.39, 0.29) is 5.28 Å². The molecule has 0 saturated heterocycles. The number of nitrogens with zero attached hydrogens (tertiary/aromatic N) is 2. The Kier molecular flexibility index (Phi) is 3.60. The molecule has 3 nitrogen and oxygen atoms in total. The number of benzene rings is 1. The van der Waals surface area contributed by atoms with Crippen LogP contribution in [0.4, 0.5) is 0 Å². The number of hydrogen-bond acceptors (Lipinski definition) is 3. The van der Waals surface area contributed by atoms with Gasteiger partial charge in [0.15, 0.2) is 0 Å². The Morgan fingerprint density at radius 2 is 2.12 bits per heavy atom. The fourth-order valence-electron chi connectivity index (χ4n) is 1.32. The molecular formula is C11H8ClIN2O. The molecule has 0 fully saturated rings. The van der Waals surface area contributed by atoms with E-state index in [0.29, 0.717) is 0 Å². The first-order valence-corrected chi connectivity index (χ1v) is 5.99. The van der Waals surface area contributed by atoms with E-state index in [4.69, 9.17) is 16.3 Å². The molecule has 0 aliphatic carbocycles. The zero-order chi connectivity index (χ0) is 11.5. The van der Waals surface area contributed by atoms with Crippen molar-refractivity contribution in [1.82, 2.24) is 9.97 Å². The molecule has 0 bridgehead atoms. The van der Waals surface area contributed by atoms with E-state index >= 15 is 0 Å². The number of aromatic nitrogens is 2. The minimum Gasteiger partial charge on any atom is -0.497 e. The highest BCUT2D eigenvalue weighted by Crippen LogP contribution is 2.27. The summed E-state index contributed by atoms with van der Waals surface area (Å²) in [5.41, 5.74) is 1.83. The molecule has 0 amide bonds. The molecule has 1 aromatic heterocycles. The maximum absolute atomic E-state index is 5.76. The molecule has 2 aromatic rings. The third-order valence-electron chi connectivity index (χ3n) is 2.08. The van der Waals surface area contributed by atoms with E-state index in [2.05, 4.69) is 32.6 Å². The molecule has 0 spiro atoms.